The molecule has 0 unspecified atom stereocenters. The van der Waals surface area contributed by atoms with Gasteiger partial charge in [-0.05, 0) is 50.3 Å². The van der Waals surface area contributed by atoms with Gasteiger partial charge in [-0.15, -0.1) is 0 Å². The first-order chi connectivity index (χ1) is 6.96. The zero-order chi connectivity index (χ0) is 11.2. The van der Waals surface area contributed by atoms with Crippen molar-refractivity contribution in [1.82, 2.24) is 0 Å². The maximum absolute atomic E-state index is 9.99. The van der Waals surface area contributed by atoms with Crippen LogP contribution in [-0.4, -0.2) is 5.11 Å². The average Bonchev–Trinajstić information content (AvgIpc) is 2.12. The van der Waals surface area contributed by atoms with Crippen molar-refractivity contribution in [3.63, 3.8) is 0 Å². The van der Waals surface area contributed by atoms with Crippen LogP contribution in [0.5, 0.6) is 5.75 Å². The second kappa shape index (κ2) is 3.39. The summed E-state index contributed by atoms with van der Waals surface area (Å²) in [6.07, 6.45) is 2.99. The van der Waals surface area contributed by atoms with Crippen molar-refractivity contribution in [1.29, 1.82) is 0 Å². The highest BCUT2D eigenvalue weighted by Crippen LogP contribution is 2.46. The average molecular weight is 226 g/mol. The van der Waals surface area contributed by atoms with Crippen LogP contribution in [0.2, 0.25) is 5.02 Å². The monoisotopic (exact) mass is 225 g/mol. The highest BCUT2D eigenvalue weighted by molar-refractivity contribution is 6.32. The topological polar surface area (TPSA) is 46.2 Å². The molecule has 0 amide bonds. The van der Waals surface area contributed by atoms with Crippen molar-refractivity contribution in [2.45, 2.75) is 38.6 Å². The minimum absolute atomic E-state index is 0.168. The molecule has 0 atom stereocenters. The van der Waals surface area contributed by atoms with E-state index in [0.29, 0.717) is 5.02 Å². The van der Waals surface area contributed by atoms with Crippen molar-refractivity contribution < 1.29 is 5.11 Å². The molecule has 82 valence electrons. The van der Waals surface area contributed by atoms with Gasteiger partial charge in [0.05, 0.1) is 5.02 Å². The molecule has 1 fully saturated rings. The Balaban J connectivity index is 2.63. The van der Waals surface area contributed by atoms with Crippen LogP contribution in [0.1, 0.15) is 36.0 Å². The Morgan fingerprint density at radius 3 is 2.47 bits per heavy atom. The van der Waals surface area contributed by atoms with Crippen LogP contribution in [-0.2, 0) is 5.54 Å². The van der Waals surface area contributed by atoms with Crippen molar-refractivity contribution in [3.05, 3.63) is 27.8 Å². The molecule has 0 aromatic heterocycles. The highest BCUT2D eigenvalue weighted by atomic mass is 35.5. The SMILES string of the molecule is Cc1cc(Cl)c(O)c(C2(N)CCC2)c1C. The molecule has 3 N–H and O–H groups in total. The van der Waals surface area contributed by atoms with Gasteiger partial charge in [0.25, 0.3) is 0 Å². The summed E-state index contributed by atoms with van der Waals surface area (Å²) in [7, 11) is 0. The summed E-state index contributed by atoms with van der Waals surface area (Å²) in [5, 5.41) is 10.4. The molecule has 1 aliphatic carbocycles. The molecule has 1 aliphatic rings. The summed E-state index contributed by atoms with van der Waals surface area (Å²) >= 11 is 5.97. The molecule has 1 aromatic carbocycles. The van der Waals surface area contributed by atoms with Gasteiger partial charge in [-0.25, -0.2) is 0 Å². The largest absolute Gasteiger partial charge is 0.506 e. The predicted molar refractivity (Wildman–Crippen MR) is 62.3 cm³/mol. The predicted octanol–water partition coefficient (Wildman–Crippen LogP) is 3.00. The molecule has 0 heterocycles. The van der Waals surface area contributed by atoms with E-state index in [1.54, 1.807) is 6.07 Å². The summed E-state index contributed by atoms with van der Waals surface area (Å²) in [6.45, 7) is 3.99. The number of benzene rings is 1. The molecule has 0 radical (unpaired) electrons. The minimum atomic E-state index is -0.357. The Morgan fingerprint density at radius 1 is 1.40 bits per heavy atom. The molecule has 2 rings (SSSR count). The van der Waals surface area contributed by atoms with Gasteiger partial charge in [-0.3, -0.25) is 0 Å². The van der Waals surface area contributed by atoms with E-state index in [4.69, 9.17) is 17.3 Å². The van der Waals surface area contributed by atoms with E-state index in [1.165, 1.54) is 0 Å². The van der Waals surface area contributed by atoms with Crippen LogP contribution in [0.4, 0.5) is 0 Å². The fourth-order valence-corrected chi connectivity index (χ4v) is 2.54. The summed E-state index contributed by atoms with van der Waals surface area (Å²) in [5.74, 6) is 0.168. The fraction of sp³-hybridized carbons (Fsp3) is 0.500. The molecule has 0 bridgehead atoms. The number of hydrogen-bond acceptors (Lipinski definition) is 2. The van der Waals surface area contributed by atoms with E-state index in [2.05, 4.69) is 0 Å². The maximum atomic E-state index is 9.99. The number of hydrogen-bond donors (Lipinski definition) is 2. The maximum Gasteiger partial charge on any atom is 0.139 e. The lowest BCUT2D eigenvalue weighted by atomic mass is 9.70. The lowest BCUT2D eigenvalue weighted by Crippen LogP contribution is -2.44. The Hall–Kier alpha value is -0.730. The minimum Gasteiger partial charge on any atom is -0.506 e. The zero-order valence-electron chi connectivity index (χ0n) is 9.10. The van der Waals surface area contributed by atoms with E-state index >= 15 is 0 Å². The van der Waals surface area contributed by atoms with Gasteiger partial charge in [0, 0.05) is 11.1 Å². The Morgan fingerprint density at radius 2 is 2.00 bits per heavy atom. The van der Waals surface area contributed by atoms with Crippen LogP contribution in [0.3, 0.4) is 0 Å². The molecule has 0 saturated heterocycles. The summed E-state index contributed by atoms with van der Waals surface area (Å²) in [6, 6.07) is 1.79. The zero-order valence-corrected chi connectivity index (χ0v) is 9.86. The molecule has 3 heteroatoms. The molecule has 2 nitrogen and oxygen atoms in total. The fourth-order valence-electron chi connectivity index (χ4n) is 2.28. The van der Waals surface area contributed by atoms with Crippen LogP contribution in [0.25, 0.3) is 0 Å². The smallest absolute Gasteiger partial charge is 0.139 e. The molecule has 0 aliphatic heterocycles. The van der Waals surface area contributed by atoms with Gasteiger partial charge >= 0.3 is 0 Å². The van der Waals surface area contributed by atoms with Crippen molar-refractivity contribution in [3.8, 4) is 5.75 Å². The molecule has 0 spiro atoms. The Bertz CT molecular complexity index is 384. The van der Waals surface area contributed by atoms with E-state index < -0.39 is 0 Å². The third kappa shape index (κ3) is 1.52. The summed E-state index contributed by atoms with van der Waals surface area (Å²) in [4.78, 5) is 0. The van der Waals surface area contributed by atoms with E-state index in [9.17, 15) is 5.11 Å². The second-order valence-corrected chi connectivity index (χ2v) is 4.94. The highest BCUT2D eigenvalue weighted by Gasteiger charge is 2.38. The summed E-state index contributed by atoms with van der Waals surface area (Å²) in [5.41, 5.74) is 8.89. The quantitative estimate of drug-likeness (QED) is 0.772. The lowest BCUT2D eigenvalue weighted by molar-refractivity contribution is 0.244. The number of phenols is 1. The van der Waals surface area contributed by atoms with E-state index in [1.807, 2.05) is 13.8 Å². The molecular weight excluding hydrogens is 210 g/mol. The Labute approximate surface area is 95.1 Å². The third-order valence-electron chi connectivity index (χ3n) is 3.52. The molecule has 1 aromatic rings. The lowest BCUT2D eigenvalue weighted by Gasteiger charge is -2.40. The van der Waals surface area contributed by atoms with Gasteiger partial charge in [0.15, 0.2) is 0 Å². The van der Waals surface area contributed by atoms with Crippen LogP contribution >= 0.6 is 11.6 Å². The normalized spacial score (nSPS) is 18.7. The second-order valence-electron chi connectivity index (χ2n) is 4.53. The van der Waals surface area contributed by atoms with E-state index in [-0.39, 0.29) is 11.3 Å². The van der Waals surface area contributed by atoms with Gasteiger partial charge < -0.3 is 10.8 Å². The standard InChI is InChI=1S/C12H16ClNO/c1-7-6-9(13)11(15)10(8(7)2)12(14)4-3-5-12/h6,15H,3-5,14H2,1-2H3. The van der Waals surface area contributed by atoms with Gasteiger partial charge in [0.2, 0.25) is 0 Å². The number of aryl methyl sites for hydroxylation is 1. The third-order valence-corrected chi connectivity index (χ3v) is 3.80. The number of aromatic hydroxyl groups is 1. The van der Waals surface area contributed by atoms with E-state index in [0.717, 1.165) is 36.0 Å². The molecule has 15 heavy (non-hydrogen) atoms. The first-order valence-corrected chi connectivity index (χ1v) is 5.61. The summed E-state index contributed by atoms with van der Waals surface area (Å²) < 4.78 is 0. The van der Waals surface area contributed by atoms with Gasteiger partial charge in [-0.1, -0.05) is 11.6 Å². The first-order valence-electron chi connectivity index (χ1n) is 5.24. The number of halogens is 1. The molecular formula is C12H16ClNO. The van der Waals surface area contributed by atoms with Gasteiger partial charge in [0.1, 0.15) is 5.75 Å². The Kier molecular flexibility index (Phi) is 2.44. The van der Waals surface area contributed by atoms with Crippen LogP contribution < -0.4 is 5.73 Å². The van der Waals surface area contributed by atoms with Crippen molar-refractivity contribution in [2.75, 3.05) is 0 Å². The van der Waals surface area contributed by atoms with Crippen molar-refractivity contribution >= 4 is 11.6 Å². The number of rotatable bonds is 1. The first kappa shape index (κ1) is 10.8. The van der Waals surface area contributed by atoms with Crippen LogP contribution in [0, 0.1) is 13.8 Å². The molecule has 1 saturated carbocycles. The van der Waals surface area contributed by atoms with Crippen molar-refractivity contribution in [2.24, 2.45) is 5.73 Å². The van der Waals surface area contributed by atoms with Gasteiger partial charge in [-0.2, -0.15) is 0 Å². The number of phenolic OH excluding ortho intramolecular Hbond substituents is 1. The number of nitrogens with two attached hydrogens (primary N) is 1. The van der Waals surface area contributed by atoms with Crippen LogP contribution in [0.15, 0.2) is 6.07 Å².